The number of rotatable bonds is 7. The molecule has 0 fully saturated rings. The summed E-state index contributed by atoms with van der Waals surface area (Å²) >= 11 is 5.77. The van der Waals surface area contributed by atoms with Crippen LogP contribution in [0.4, 0.5) is 5.69 Å². The number of methoxy groups -OCH3 is 2. The Bertz CT molecular complexity index is 993. The normalized spacial score (nSPS) is 11.1. The first-order valence-electron chi connectivity index (χ1n) is 10.2. The summed E-state index contributed by atoms with van der Waals surface area (Å²) in [7, 11) is 3.25. The van der Waals surface area contributed by atoms with E-state index in [0.29, 0.717) is 24.0 Å². The third-order valence-corrected chi connectivity index (χ3v) is 5.42. The molecule has 31 heavy (non-hydrogen) atoms. The highest BCUT2D eigenvalue weighted by atomic mass is 32.1. The summed E-state index contributed by atoms with van der Waals surface area (Å²) in [5, 5.41) is 3.90. The third kappa shape index (κ3) is 6.01. The maximum Gasteiger partial charge on any atom is 0.174 e. The molecule has 2 aromatic carbocycles. The number of benzene rings is 2. The molecule has 0 saturated carbocycles. The van der Waals surface area contributed by atoms with Gasteiger partial charge in [-0.25, -0.2) is 0 Å². The first-order valence-corrected chi connectivity index (χ1v) is 10.6. The highest BCUT2D eigenvalue weighted by Gasteiger charge is 2.17. The molecule has 0 aliphatic carbocycles. The average molecular weight is 439 g/mol. The molecule has 0 bridgehead atoms. The standard InChI is InChI=1S/C25H30N2O3S/c1-25(2,3)19-10-8-18(9-11-19)16-27(17-21-7-6-14-30-21)24(31)26-22-13-12-20(28-4)15-23(22)29-5/h6-15H,16-17H2,1-5H3,(H,26,31). The second-order valence-corrected chi connectivity index (χ2v) is 8.77. The zero-order chi connectivity index (χ0) is 22.4. The molecule has 5 nitrogen and oxygen atoms in total. The molecule has 0 aliphatic rings. The van der Waals surface area contributed by atoms with Crippen LogP contribution in [0.2, 0.25) is 0 Å². The molecule has 0 atom stereocenters. The predicted molar refractivity (Wildman–Crippen MR) is 129 cm³/mol. The van der Waals surface area contributed by atoms with Gasteiger partial charge in [0.15, 0.2) is 5.11 Å². The Morgan fingerprint density at radius 3 is 2.32 bits per heavy atom. The van der Waals surface area contributed by atoms with E-state index < -0.39 is 0 Å². The average Bonchev–Trinajstić information content (AvgIpc) is 3.26. The van der Waals surface area contributed by atoms with Crippen molar-refractivity contribution in [2.45, 2.75) is 39.3 Å². The summed E-state index contributed by atoms with van der Waals surface area (Å²) in [4.78, 5) is 2.07. The highest BCUT2D eigenvalue weighted by molar-refractivity contribution is 7.80. The molecule has 1 aromatic heterocycles. The van der Waals surface area contributed by atoms with Crippen molar-refractivity contribution in [2.24, 2.45) is 0 Å². The molecule has 0 spiro atoms. The number of nitrogens with zero attached hydrogens (tertiary/aromatic N) is 1. The molecular weight excluding hydrogens is 408 g/mol. The largest absolute Gasteiger partial charge is 0.497 e. The van der Waals surface area contributed by atoms with Crippen LogP contribution in [0.3, 0.4) is 0 Å². The van der Waals surface area contributed by atoms with Gasteiger partial charge in [-0.05, 0) is 53.0 Å². The van der Waals surface area contributed by atoms with E-state index in [-0.39, 0.29) is 5.41 Å². The van der Waals surface area contributed by atoms with Crippen molar-refractivity contribution >= 4 is 23.0 Å². The minimum Gasteiger partial charge on any atom is -0.497 e. The van der Waals surface area contributed by atoms with E-state index in [1.807, 2.05) is 30.3 Å². The number of ether oxygens (including phenoxy) is 2. The molecule has 0 radical (unpaired) electrons. The SMILES string of the molecule is COc1ccc(NC(=S)N(Cc2ccc(C(C)(C)C)cc2)Cc2ccco2)c(OC)c1. The first kappa shape index (κ1) is 22.7. The minimum absolute atomic E-state index is 0.119. The summed E-state index contributed by atoms with van der Waals surface area (Å²) in [6.07, 6.45) is 1.68. The Balaban J connectivity index is 1.81. The van der Waals surface area contributed by atoms with E-state index in [2.05, 4.69) is 55.3 Å². The monoisotopic (exact) mass is 438 g/mol. The van der Waals surface area contributed by atoms with Crippen molar-refractivity contribution in [3.63, 3.8) is 0 Å². The van der Waals surface area contributed by atoms with Gasteiger partial charge in [0.2, 0.25) is 0 Å². The van der Waals surface area contributed by atoms with Crippen LogP contribution in [0.25, 0.3) is 0 Å². The number of anilines is 1. The molecular formula is C25H30N2O3S. The van der Waals surface area contributed by atoms with Gasteiger partial charge in [0.05, 0.1) is 32.7 Å². The lowest BCUT2D eigenvalue weighted by Gasteiger charge is -2.26. The van der Waals surface area contributed by atoms with E-state index in [0.717, 1.165) is 17.2 Å². The summed E-state index contributed by atoms with van der Waals surface area (Å²) in [6, 6.07) is 18.1. The molecule has 0 unspecified atom stereocenters. The summed E-state index contributed by atoms with van der Waals surface area (Å²) in [5.74, 6) is 2.23. The number of hydrogen-bond acceptors (Lipinski definition) is 4. The summed E-state index contributed by atoms with van der Waals surface area (Å²) in [6.45, 7) is 7.85. The van der Waals surface area contributed by atoms with Gasteiger partial charge in [-0.1, -0.05) is 45.0 Å². The Morgan fingerprint density at radius 2 is 1.74 bits per heavy atom. The fourth-order valence-corrected chi connectivity index (χ4v) is 3.46. The molecule has 0 saturated heterocycles. The minimum atomic E-state index is 0.119. The molecule has 0 amide bonds. The van der Waals surface area contributed by atoms with Crippen LogP contribution >= 0.6 is 12.2 Å². The molecule has 3 rings (SSSR count). The lowest BCUT2D eigenvalue weighted by Crippen LogP contribution is -2.33. The first-order chi connectivity index (χ1) is 14.8. The second-order valence-electron chi connectivity index (χ2n) is 8.38. The zero-order valence-electron chi connectivity index (χ0n) is 18.8. The van der Waals surface area contributed by atoms with E-state index in [9.17, 15) is 0 Å². The maximum atomic E-state index is 5.77. The van der Waals surface area contributed by atoms with Gasteiger partial charge in [-0.3, -0.25) is 0 Å². The molecule has 6 heteroatoms. The smallest absolute Gasteiger partial charge is 0.174 e. The number of nitrogens with one attached hydrogen (secondary N) is 1. The quantitative estimate of drug-likeness (QED) is 0.457. The van der Waals surface area contributed by atoms with Crippen molar-refractivity contribution in [2.75, 3.05) is 19.5 Å². The van der Waals surface area contributed by atoms with Crippen molar-refractivity contribution in [1.29, 1.82) is 0 Å². The van der Waals surface area contributed by atoms with Crippen LogP contribution in [0.1, 0.15) is 37.7 Å². The van der Waals surface area contributed by atoms with Gasteiger partial charge in [-0.15, -0.1) is 0 Å². The van der Waals surface area contributed by atoms with Crippen molar-refractivity contribution in [3.8, 4) is 11.5 Å². The number of furan rings is 1. The highest BCUT2D eigenvalue weighted by Crippen LogP contribution is 2.30. The van der Waals surface area contributed by atoms with Gasteiger partial charge >= 0.3 is 0 Å². The van der Waals surface area contributed by atoms with Gasteiger partial charge in [0.1, 0.15) is 17.3 Å². The number of hydrogen-bond donors (Lipinski definition) is 1. The summed E-state index contributed by atoms with van der Waals surface area (Å²) in [5.41, 5.74) is 3.37. The van der Waals surface area contributed by atoms with Gasteiger partial charge in [0, 0.05) is 12.6 Å². The Labute approximate surface area is 190 Å². The lowest BCUT2D eigenvalue weighted by atomic mass is 9.87. The van der Waals surface area contributed by atoms with E-state index >= 15 is 0 Å². The van der Waals surface area contributed by atoms with Crippen LogP contribution in [0.15, 0.2) is 65.3 Å². The van der Waals surface area contributed by atoms with Crippen molar-refractivity contribution in [1.82, 2.24) is 4.90 Å². The fraction of sp³-hybridized carbons (Fsp3) is 0.320. The third-order valence-electron chi connectivity index (χ3n) is 5.06. The fourth-order valence-electron chi connectivity index (χ4n) is 3.22. The van der Waals surface area contributed by atoms with E-state index in [1.54, 1.807) is 20.5 Å². The van der Waals surface area contributed by atoms with Crippen LogP contribution in [-0.4, -0.2) is 24.2 Å². The van der Waals surface area contributed by atoms with Crippen molar-refractivity contribution < 1.29 is 13.9 Å². The van der Waals surface area contributed by atoms with E-state index in [4.69, 9.17) is 26.1 Å². The van der Waals surface area contributed by atoms with Crippen LogP contribution in [0.5, 0.6) is 11.5 Å². The van der Waals surface area contributed by atoms with Crippen LogP contribution in [-0.2, 0) is 18.5 Å². The topological polar surface area (TPSA) is 46.9 Å². The Kier molecular flexibility index (Phi) is 7.23. The van der Waals surface area contributed by atoms with Crippen LogP contribution in [0, 0.1) is 0 Å². The Morgan fingerprint density at radius 1 is 1.00 bits per heavy atom. The van der Waals surface area contributed by atoms with Crippen LogP contribution < -0.4 is 14.8 Å². The summed E-state index contributed by atoms with van der Waals surface area (Å²) < 4.78 is 16.4. The van der Waals surface area contributed by atoms with Gasteiger partial charge < -0.3 is 24.1 Å². The molecule has 3 aromatic rings. The zero-order valence-corrected chi connectivity index (χ0v) is 19.6. The molecule has 164 valence electrons. The predicted octanol–water partition coefficient (Wildman–Crippen LogP) is 5.99. The lowest BCUT2D eigenvalue weighted by molar-refractivity contribution is 0.360. The van der Waals surface area contributed by atoms with Crippen molar-refractivity contribution in [3.05, 3.63) is 77.7 Å². The second kappa shape index (κ2) is 9.88. The van der Waals surface area contributed by atoms with E-state index in [1.165, 1.54) is 11.1 Å². The maximum absolute atomic E-state index is 5.77. The Hall–Kier alpha value is -2.99. The molecule has 1 N–H and O–H groups in total. The van der Waals surface area contributed by atoms with Gasteiger partial charge in [0.25, 0.3) is 0 Å². The molecule has 0 aliphatic heterocycles. The number of thiocarbonyl (C=S) groups is 1. The van der Waals surface area contributed by atoms with Gasteiger partial charge in [-0.2, -0.15) is 0 Å². The molecule has 1 heterocycles.